The zero-order chi connectivity index (χ0) is 6.50. The van der Waals surface area contributed by atoms with Gasteiger partial charge in [0.05, 0.1) is 5.60 Å². The highest BCUT2D eigenvalue weighted by Gasteiger charge is 1.97. The van der Waals surface area contributed by atoms with Crippen LogP contribution in [0.25, 0.3) is 0 Å². The Balaban J connectivity index is 0. The van der Waals surface area contributed by atoms with Gasteiger partial charge in [0.25, 0.3) is 0 Å². The van der Waals surface area contributed by atoms with Gasteiger partial charge in [-0.05, 0) is 20.8 Å². The Hall–Kier alpha value is -0.620. The molecule has 1 N–H and O–H groups in total. The lowest BCUT2D eigenvalue weighted by atomic mass is 10.2. The van der Waals surface area contributed by atoms with E-state index in [1.54, 1.807) is 20.8 Å². The monoisotopic (exact) mass is 102 g/mol. The highest BCUT2D eigenvalue weighted by molar-refractivity contribution is 4.50. The van der Waals surface area contributed by atoms with Crippen molar-refractivity contribution in [1.82, 2.24) is 0 Å². The molecule has 0 aromatic rings. The van der Waals surface area contributed by atoms with Gasteiger partial charge >= 0.3 is 0 Å². The fraction of sp³-hybridized carbons (Fsp3) is 1.00. The van der Waals surface area contributed by atoms with Crippen LogP contribution in [0.15, 0.2) is 0 Å². The normalized spacial score (nSPS) is 8.86. The van der Waals surface area contributed by atoms with Gasteiger partial charge in [-0.3, -0.25) is 0 Å². The predicted molar refractivity (Wildman–Crippen MR) is 25.4 cm³/mol. The molecule has 0 aliphatic heterocycles. The van der Waals surface area contributed by atoms with Crippen LogP contribution < -0.4 is 0 Å². The fourth-order valence-corrected chi connectivity index (χ4v) is 0. The molecule has 0 rings (SSSR count). The van der Waals surface area contributed by atoms with Crippen molar-refractivity contribution in [2.24, 2.45) is 0 Å². The summed E-state index contributed by atoms with van der Waals surface area (Å²) in [7, 11) is 0. The van der Waals surface area contributed by atoms with Crippen molar-refractivity contribution >= 4 is 0 Å². The molecule has 42 valence electrons. The Labute approximate surface area is 43.4 Å². The molecule has 0 aromatic carbocycles. The first-order valence-corrected chi connectivity index (χ1v) is 1.92. The minimum absolute atomic E-state index is 0.500. The van der Waals surface area contributed by atoms with Gasteiger partial charge in [0.2, 0.25) is 0 Å². The Morgan fingerprint density at radius 1 is 1.14 bits per heavy atom. The van der Waals surface area contributed by atoms with Crippen LogP contribution in [0, 0.1) is 10.8 Å². The van der Waals surface area contributed by atoms with Crippen molar-refractivity contribution in [1.29, 1.82) is 10.8 Å². The maximum absolute atomic E-state index is 8.52. The lowest BCUT2D eigenvalue weighted by molar-refractivity contribution is 0.102. The third-order valence-corrected chi connectivity index (χ3v) is 0. The molecular formula is C4H10N2O. The van der Waals surface area contributed by atoms with E-state index in [9.17, 15) is 0 Å². The highest BCUT2D eigenvalue weighted by atomic mass is 16.3. The fourth-order valence-electron chi connectivity index (χ4n) is 0. The number of aliphatic hydroxyl groups is 1. The first kappa shape index (κ1) is 9.63. The molecule has 0 unspecified atom stereocenters. The molecule has 0 saturated heterocycles. The molecule has 7 heavy (non-hydrogen) atoms. The van der Waals surface area contributed by atoms with Crippen LogP contribution in [0.3, 0.4) is 0 Å². The summed E-state index contributed by atoms with van der Waals surface area (Å²) in [5, 5.41) is 20.5. The quantitative estimate of drug-likeness (QED) is 0.460. The summed E-state index contributed by atoms with van der Waals surface area (Å²) in [5.74, 6) is 0. The van der Waals surface area contributed by atoms with Crippen molar-refractivity contribution < 1.29 is 5.11 Å². The molecule has 0 amide bonds. The van der Waals surface area contributed by atoms with Crippen LogP contribution in [0.5, 0.6) is 0 Å². The van der Waals surface area contributed by atoms with E-state index in [1.807, 2.05) is 0 Å². The maximum Gasteiger partial charge on any atom is 0.0563 e. The Bertz CT molecular complexity index is 46.4. The molecule has 0 bridgehead atoms. The average Bonchev–Trinajstić information content (AvgIpc) is 1.36. The van der Waals surface area contributed by atoms with Gasteiger partial charge in [0.1, 0.15) is 0 Å². The van der Waals surface area contributed by atoms with Gasteiger partial charge < -0.3 is 5.11 Å². The van der Waals surface area contributed by atoms with Crippen LogP contribution in [0.1, 0.15) is 20.8 Å². The number of hydrogen-bond donors (Lipinski definition) is 1. The highest BCUT2D eigenvalue weighted by Crippen LogP contribution is 1.93. The van der Waals surface area contributed by atoms with E-state index < -0.39 is 5.60 Å². The summed E-state index contributed by atoms with van der Waals surface area (Å²) < 4.78 is 0. The second-order valence-electron chi connectivity index (χ2n) is 2.17. The zero-order valence-corrected chi connectivity index (χ0v) is 4.84. The van der Waals surface area contributed by atoms with Gasteiger partial charge in [0, 0.05) is 10.8 Å². The smallest absolute Gasteiger partial charge is 0.0563 e. The minimum atomic E-state index is -0.500. The molecule has 0 saturated carbocycles. The lowest BCUT2D eigenvalue weighted by Gasteiger charge is -2.04. The van der Waals surface area contributed by atoms with Crippen LogP contribution >= 0.6 is 0 Å². The van der Waals surface area contributed by atoms with E-state index in [0.717, 1.165) is 0 Å². The SMILES string of the molecule is CC(C)(C)O.N#N. The van der Waals surface area contributed by atoms with E-state index in [1.165, 1.54) is 0 Å². The van der Waals surface area contributed by atoms with Crippen molar-refractivity contribution in [3.63, 3.8) is 0 Å². The number of rotatable bonds is 0. The summed E-state index contributed by atoms with van der Waals surface area (Å²) in [5.41, 5.74) is -0.500. The average molecular weight is 102 g/mol. The molecule has 0 radical (unpaired) electrons. The van der Waals surface area contributed by atoms with Gasteiger partial charge in [0.15, 0.2) is 0 Å². The molecule has 0 aliphatic rings. The van der Waals surface area contributed by atoms with Gasteiger partial charge in [-0.15, -0.1) is 0 Å². The van der Waals surface area contributed by atoms with E-state index in [0.29, 0.717) is 0 Å². The second-order valence-corrected chi connectivity index (χ2v) is 2.17. The van der Waals surface area contributed by atoms with Crippen LogP contribution in [0.4, 0.5) is 0 Å². The Morgan fingerprint density at radius 2 is 1.14 bits per heavy atom. The summed E-state index contributed by atoms with van der Waals surface area (Å²) in [4.78, 5) is 0. The first-order valence-electron chi connectivity index (χ1n) is 1.92. The molecular weight excluding hydrogens is 92.1 g/mol. The summed E-state index contributed by atoms with van der Waals surface area (Å²) in [6.07, 6.45) is 0. The molecule has 0 spiro atoms. The van der Waals surface area contributed by atoms with Gasteiger partial charge in [-0.25, -0.2) is 0 Å². The van der Waals surface area contributed by atoms with E-state index in [2.05, 4.69) is 0 Å². The third kappa shape index (κ3) is 160. The predicted octanol–water partition coefficient (Wildman–Crippen LogP) is 0.807. The van der Waals surface area contributed by atoms with E-state index in [4.69, 9.17) is 15.9 Å². The summed E-state index contributed by atoms with van der Waals surface area (Å²) >= 11 is 0. The number of nitrogens with zero attached hydrogens (tertiary/aromatic N) is 2. The third-order valence-electron chi connectivity index (χ3n) is 0. The van der Waals surface area contributed by atoms with Crippen molar-refractivity contribution in [2.45, 2.75) is 26.4 Å². The van der Waals surface area contributed by atoms with Crippen LogP contribution in [-0.4, -0.2) is 10.7 Å². The van der Waals surface area contributed by atoms with Crippen LogP contribution in [0.2, 0.25) is 0 Å². The van der Waals surface area contributed by atoms with Crippen LogP contribution in [-0.2, 0) is 0 Å². The maximum atomic E-state index is 8.52. The summed E-state index contributed by atoms with van der Waals surface area (Å²) in [6.45, 7) is 5.23. The van der Waals surface area contributed by atoms with Gasteiger partial charge in [-0.1, -0.05) is 0 Å². The van der Waals surface area contributed by atoms with Gasteiger partial charge in [-0.2, -0.15) is 0 Å². The topological polar surface area (TPSA) is 67.8 Å². The minimum Gasteiger partial charge on any atom is -0.391 e. The number of hydrogen-bond acceptors (Lipinski definition) is 3. The molecule has 3 heteroatoms. The lowest BCUT2D eigenvalue weighted by Crippen LogP contribution is -2.10. The molecule has 0 fully saturated rings. The zero-order valence-electron chi connectivity index (χ0n) is 4.84. The second kappa shape index (κ2) is 3.57. The van der Waals surface area contributed by atoms with Crippen molar-refractivity contribution in [3.05, 3.63) is 0 Å². The summed E-state index contributed by atoms with van der Waals surface area (Å²) in [6, 6.07) is 0. The molecule has 3 nitrogen and oxygen atoms in total. The van der Waals surface area contributed by atoms with E-state index in [-0.39, 0.29) is 0 Å². The van der Waals surface area contributed by atoms with E-state index >= 15 is 0 Å². The Kier molecular flexibility index (Phi) is 4.90. The largest absolute Gasteiger partial charge is 0.391 e. The van der Waals surface area contributed by atoms with Crippen molar-refractivity contribution in [3.8, 4) is 0 Å². The molecule has 0 aromatic heterocycles. The molecule has 0 aliphatic carbocycles. The van der Waals surface area contributed by atoms with Crippen molar-refractivity contribution in [2.75, 3.05) is 0 Å². The molecule has 0 atom stereocenters. The molecule has 0 heterocycles. The Morgan fingerprint density at radius 3 is 1.14 bits per heavy atom. The standard InChI is InChI=1S/C4H10O.N2/c1-4(2,3)5;1-2/h5H,1-3H3;. The first-order chi connectivity index (χ1) is 3.00.